The number of hydrogen-bond donors (Lipinski definition) is 1. The number of anilines is 1. The van der Waals surface area contributed by atoms with Crippen LogP contribution < -0.4 is 4.90 Å². The van der Waals surface area contributed by atoms with Gasteiger partial charge in [-0.1, -0.05) is 90.1 Å². The van der Waals surface area contributed by atoms with Gasteiger partial charge in [0.1, 0.15) is 5.25 Å². The van der Waals surface area contributed by atoms with Crippen molar-refractivity contribution in [1.29, 1.82) is 5.41 Å². The zero-order chi connectivity index (χ0) is 23.7. The van der Waals surface area contributed by atoms with Gasteiger partial charge in [-0.2, -0.15) is 5.10 Å². The van der Waals surface area contributed by atoms with Crippen LogP contribution in [0, 0.1) is 5.41 Å². The van der Waals surface area contributed by atoms with E-state index in [-0.39, 0.29) is 29.4 Å². The summed E-state index contributed by atoms with van der Waals surface area (Å²) in [7, 11) is 0. The number of amidine groups is 1. The van der Waals surface area contributed by atoms with Gasteiger partial charge in [-0.3, -0.25) is 15.0 Å². The van der Waals surface area contributed by atoms with E-state index in [0.29, 0.717) is 17.1 Å². The summed E-state index contributed by atoms with van der Waals surface area (Å²) in [6.07, 6.45) is 0.667. The molecule has 1 N–H and O–H groups in total. The van der Waals surface area contributed by atoms with Gasteiger partial charge in [0.05, 0.1) is 17.4 Å². The molecule has 2 heterocycles. The number of benzene rings is 3. The number of imide groups is 1. The van der Waals surface area contributed by atoms with Gasteiger partial charge in [0.25, 0.3) is 0 Å². The number of nitrogens with zero attached hydrogens (tertiary/aromatic N) is 3. The van der Waals surface area contributed by atoms with Crippen LogP contribution in [0.2, 0.25) is 5.02 Å². The molecule has 0 saturated carbocycles. The Bertz CT molecular complexity index is 1280. The molecule has 2 aliphatic heterocycles. The molecule has 0 bridgehead atoms. The van der Waals surface area contributed by atoms with Crippen LogP contribution in [0.1, 0.15) is 30.0 Å². The minimum Gasteiger partial charge on any atom is -0.277 e. The Labute approximate surface area is 206 Å². The molecule has 0 radical (unpaired) electrons. The molecule has 1 fully saturated rings. The summed E-state index contributed by atoms with van der Waals surface area (Å²) < 4.78 is 0. The number of thioether (sulfide) groups is 1. The van der Waals surface area contributed by atoms with E-state index in [2.05, 4.69) is 0 Å². The molecule has 2 aliphatic rings. The summed E-state index contributed by atoms with van der Waals surface area (Å²) >= 11 is 7.13. The lowest BCUT2D eigenvalue weighted by Crippen LogP contribution is -2.32. The van der Waals surface area contributed by atoms with Crippen molar-refractivity contribution in [2.45, 2.75) is 24.1 Å². The third kappa shape index (κ3) is 4.36. The smallest absolute Gasteiger partial charge is 0.247 e. The van der Waals surface area contributed by atoms with Gasteiger partial charge in [-0.05, 0) is 29.3 Å². The Hall–Kier alpha value is -3.42. The van der Waals surface area contributed by atoms with Gasteiger partial charge in [0.15, 0.2) is 5.17 Å². The van der Waals surface area contributed by atoms with Crippen LogP contribution in [0.4, 0.5) is 5.69 Å². The minimum atomic E-state index is -0.689. The molecular formula is C26H21ClN4O2S. The molecule has 0 unspecified atom stereocenters. The molecule has 2 amide bonds. The van der Waals surface area contributed by atoms with E-state index in [4.69, 9.17) is 22.1 Å². The predicted molar refractivity (Wildman–Crippen MR) is 136 cm³/mol. The second-order valence-corrected chi connectivity index (χ2v) is 9.68. The highest BCUT2D eigenvalue weighted by Crippen LogP contribution is 2.37. The van der Waals surface area contributed by atoms with Crippen LogP contribution in [0.15, 0.2) is 90.0 Å². The van der Waals surface area contributed by atoms with Crippen LogP contribution in [0.3, 0.4) is 0 Å². The fraction of sp³-hybridized carbons (Fsp3) is 0.154. The van der Waals surface area contributed by atoms with Gasteiger partial charge in [0, 0.05) is 17.9 Å². The number of rotatable bonds is 4. The van der Waals surface area contributed by atoms with Crippen LogP contribution >= 0.6 is 23.4 Å². The molecule has 0 aromatic heterocycles. The van der Waals surface area contributed by atoms with Crippen molar-refractivity contribution < 1.29 is 9.59 Å². The van der Waals surface area contributed by atoms with Crippen molar-refractivity contribution in [3.8, 4) is 0 Å². The maximum atomic E-state index is 13.1. The SMILES string of the molecule is N=C(S[C@H]1CC(=O)N(c2cccc(Cl)c2)C1=O)N1N=C(c2ccccc2)C[C@H]1c1ccccc1. The fourth-order valence-corrected chi connectivity index (χ4v) is 5.37. The fourth-order valence-electron chi connectivity index (χ4n) is 4.21. The first-order valence-corrected chi connectivity index (χ1v) is 12.1. The number of carbonyl (C=O) groups excluding carboxylic acids is 2. The van der Waals surface area contributed by atoms with E-state index < -0.39 is 5.25 Å². The topological polar surface area (TPSA) is 76.8 Å². The molecule has 34 heavy (non-hydrogen) atoms. The Kier molecular flexibility index (Phi) is 6.22. The lowest BCUT2D eigenvalue weighted by molar-refractivity contribution is -0.121. The maximum absolute atomic E-state index is 13.1. The van der Waals surface area contributed by atoms with E-state index in [1.807, 2.05) is 60.7 Å². The van der Waals surface area contributed by atoms with E-state index >= 15 is 0 Å². The van der Waals surface area contributed by atoms with Crippen LogP contribution in [-0.4, -0.2) is 33.0 Å². The van der Waals surface area contributed by atoms with E-state index in [0.717, 1.165) is 33.5 Å². The Morgan fingerprint density at radius 3 is 2.35 bits per heavy atom. The molecular weight excluding hydrogens is 468 g/mol. The Balaban J connectivity index is 1.39. The molecule has 1 saturated heterocycles. The highest BCUT2D eigenvalue weighted by molar-refractivity contribution is 8.14. The predicted octanol–water partition coefficient (Wildman–Crippen LogP) is 5.49. The molecule has 170 valence electrons. The quantitative estimate of drug-likeness (QED) is 0.299. The lowest BCUT2D eigenvalue weighted by Gasteiger charge is -2.24. The van der Waals surface area contributed by atoms with Crippen molar-refractivity contribution in [3.05, 3.63) is 101 Å². The lowest BCUT2D eigenvalue weighted by atomic mass is 9.99. The van der Waals surface area contributed by atoms with Crippen molar-refractivity contribution in [2.24, 2.45) is 5.10 Å². The van der Waals surface area contributed by atoms with Crippen molar-refractivity contribution in [3.63, 3.8) is 0 Å². The van der Waals surface area contributed by atoms with Gasteiger partial charge in [0.2, 0.25) is 11.8 Å². The molecule has 3 aromatic rings. The largest absolute Gasteiger partial charge is 0.277 e. The van der Waals surface area contributed by atoms with Crippen LogP contribution in [-0.2, 0) is 9.59 Å². The summed E-state index contributed by atoms with van der Waals surface area (Å²) in [4.78, 5) is 26.9. The highest BCUT2D eigenvalue weighted by atomic mass is 35.5. The molecule has 0 aliphatic carbocycles. The Morgan fingerprint density at radius 1 is 0.941 bits per heavy atom. The molecule has 6 nitrogen and oxygen atoms in total. The summed E-state index contributed by atoms with van der Waals surface area (Å²) in [5, 5.41) is 15.2. The second-order valence-electron chi connectivity index (χ2n) is 8.05. The summed E-state index contributed by atoms with van der Waals surface area (Å²) in [5.41, 5.74) is 3.37. The first-order valence-electron chi connectivity index (χ1n) is 10.9. The molecule has 8 heteroatoms. The van der Waals surface area contributed by atoms with Gasteiger partial charge >= 0.3 is 0 Å². The molecule has 5 rings (SSSR count). The standard InChI is InChI=1S/C26H21ClN4O2S/c27-19-12-7-13-20(14-19)30-24(32)16-23(25(30)33)34-26(28)31-22(18-10-5-2-6-11-18)15-21(29-31)17-8-3-1-4-9-17/h1-14,22-23,28H,15-16H2/t22-,23-/m0/s1. The third-order valence-corrected chi connectivity index (χ3v) is 7.13. The summed E-state index contributed by atoms with van der Waals surface area (Å²) in [5.74, 6) is -0.642. The molecule has 2 atom stereocenters. The van der Waals surface area contributed by atoms with E-state index in [1.165, 1.54) is 0 Å². The number of amides is 2. The zero-order valence-corrected chi connectivity index (χ0v) is 19.7. The number of halogens is 1. The summed E-state index contributed by atoms with van der Waals surface area (Å²) in [6.45, 7) is 0. The zero-order valence-electron chi connectivity index (χ0n) is 18.1. The first kappa shape index (κ1) is 22.4. The Morgan fingerprint density at radius 2 is 1.65 bits per heavy atom. The second kappa shape index (κ2) is 9.44. The molecule has 3 aromatic carbocycles. The average Bonchev–Trinajstić information content (AvgIpc) is 3.41. The van der Waals surface area contributed by atoms with Crippen LogP contribution in [0.5, 0.6) is 0 Å². The number of carbonyl (C=O) groups is 2. The normalized spacial score (nSPS) is 20.1. The third-order valence-electron chi connectivity index (χ3n) is 5.84. The van der Waals surface area contributed by atoms with E-state index in [9.17, 15) is 9.59 Å². The van der Waals surface area contributed by atoms with Gasteiger partial charge < -0.3 is 0 Å². The highest BCUT2D eigenvalue weighted by Gasteiger charge is 2.42. The van der Waals surface area contributed by atoms with Gasteiger partial charge in [-0.15, -0.1) is 0 Å². The maximum Gasteiger partial charge on any atom is 0.247 e. The first-order chi connectivity index (χ1) is 16.5. The monoisotopic (exact) mass is 488 g/mol. The summed E-state index contributed by atoms with van der Waals surface area (Å²) in [6, 6.07) is 26.3. The van der Waals surface area contributed by atoms with Crippen molar-refractivity contribution in [1.82, 2.24) is 5.01 Å². The van der Waals surface area contributed by atoms with Gasteiger partial charge in [-0.25, -0.2) is 9.91 Å². The number of hydrazone groups is 1. The number of nitrogens with one attached hydrogen (secondary N) is 1. The van der Waals surface area contributed by atoms with Crippen LogP contribution in [0.25, 0.3) is 0 Å². The van der Waals surface area contributed by atoms with Crippen molar-refractivity contribution >= 4 is 51.7 Å². The average molecular weight is 489 g/mol. The molecule has 0 spiro atoms. The van der Waals surface area contributed by atoms with E-state index in [1.54, 1.807) is 29.3 Å². The number of hydrogen-bond acceptors (Lipinski definition) is 5. The van der Waals surface area contributed by atoms with Crippen molar-refractivity contribution in [2.75, 3.05) is 4.90 Å². The minimum absolute atomic E-state index is 0.0253.